The number of benzene rings is 1. The quantitative estimate of drug-likeness (QED) is 0.703. The van der Waals surface area contributed by atoms with E-state index < -0.39 is 11.2 Å². The Kier molecular flexibility index (Phi) is 5.02. The Balaban J connectivity index is 1.48. The molecule has 0 unspecified atom stereocenters. The zero-order valence-electron chi connectivity index (χ0n) is 16.5. The SMILES string of the molecule is Cn1c(=O)c2cc(C(=O)N[C@H]3CCN(Cc4ccccc4)C3)cnc2n(C)c1=O. The van der Waals surface area contributed by atoms with Crippen molar-refractivity contribution < 1.29 is 4.79 Å². The minimum absolute atomic E-state index is 0.0462. The number of pyridine rings is 1. The third-order valence-corrected chi connectivity index (χ3v) is 5.41. The molecule has 1 fully saturated rings. The predicted octanol–water partition coefficient (Wildman–Crippen LogP) is 0.636. The van der Waals surface area contributed by atoms with Gasteiger partial charge in [0.1, 0.15) is 5.65 Å². The molecule has 4 rings (SSSR count). The molecule has 1 N–H and O–H groups in total. The van der Waals surface area contributed by atoms with Crippen LogP contribution in [0.4, 0.5) is 0 Å². The Morgan fingerprint density at radius 1 is 1.17 bits per heavy atom. The van der Waals surface area contributed by atoms with Crippen molar-refractivity contribution in [3.63, 3.8) is 0 Å². The fourth-order valence-electron chi connectivity index (χ4n) is 3.79. The number of fused-ring (bicyclic) bond motifs is 1. The minimum Gasteiger partial charge on any atom is -0.348 e. The highest BCUT2D eigenvalue weighted by atomic mass is 16.2. The monoisotopic (exact) mass is 393 g/mol. The van der Waals surface area contributed by atoms with Gasteiger partial charge in [0.15, 0.2) is 0 Å². The van der Waals surface area contributed by atoms with Gasteiger partial charge in [-0.2, -0.15) is 0 Å². The van der Waals surface area contributed by atoms with Crippen LogP contribution in [0.15, 0.2) is 52.2 Å². The first-order chi connectivity index (χ1) is 13.9. The zero-order chi connectivity index (χ0) is 20.5. The van der Waals surface area contributed by atoms with Crippen LogP contribution >= 0.6 is 0 Å². The van der Waals surface area contributed by atoms with E-state index in [0.29, 0.717) is 5.56 Å². The molecule has 0 aliphatic carbocycles. The summed E-state index contributed by atoms with van der Waals surface area (Å²) in [6, 6.07) is 11.8. The van der Waals surface area contributed by atoms with Gasteiger partial charge in [0.05, 0.1) is 10.9 Å². The second kappa shape index (κ2) is 7.63. The molecule has 0 radical (unpaired) electrons. The number of aryl methyl sites for hydroxylation is 1. The van der Waals surface area contributed by atoms with E-state index in [1.54, 1.807) is 7.05 Å². The molecule has 1 aliphatic heterocycles. The summed E-state index contributed by atoms with van der Waals surface area (Å²) < 4.78 is 2.32. The molecule has 0 spiro atoms. The van der Waals surface area contributed by atoms with Crippen molar-refractivity contribution >= 4 is 16.9 Å². The Morgan fingerprint density at radius 2 is 1.93 bits per heavy atom. The molecule has 150 valence electrons. The van der Waals surface area contributed by atoms with E-state index in [1.807, 2.05) is 18.2 Å². The standard InChI is InChI=1S/C21H23N5O3/c1-24-18-17(20(28)25(2)21(24)29)10-15(11-22-18)19(27)23-16-8-9-26(13-16)12-14-6-4-3-5-7-14/h3-7,10-11,16H,8-9,12-13H2,1-2H3,(H,23,27)/t16-/m0/s1. The summed E-state index contributed by atoms with van der Waals surface area (Å²) in [6.07, 6.45) is 2.28. The number of carbonyl (C=O) groups excluding carboxylic acids is 1. The lowest BCUT2D eigenvalue weighted by Gasteiger charge is -2.17. The first kappa shape index (κ1) is 19.1. The second-order valence-electron chi connectivity index (χ2n) is 7.48. The van der Waals surface area contributed by atoms with E-state index in [-0.39, 0.29) is 23.0 Å². The van der Waals surface area contributed by atoms with Crippen LogP contribution in [-0.4, -0.2) is 44.1 Å². The van der Waals surface area contributed by atoms with Gasteiger partial charge in [-0.3, -0.25) is 23.6 Å². The zero-order valence-corrected chi connectivity index (χ0v) is 16.5. The van der Waals surface area contributed by atoms with Crippen LogP contribution in [0.25, 0.3) is 11.0 Å². The maximum Gasteiger partial charge on any atom is 0.332 e. The number of carbonyl (C=O) groups is 1. The number of aromatic nitrogens is 3. The average molecular weight is 393 g/mol. The van der Waals surface area contributed by atoms with Crippen LogP contribution in [0.1, 0.15) is 22.3 Å². The van der Waals surface area contributed by atoms with Crippen LogP contribution in [-0.2, 0) is 20.6 Å². The van der Waals surface area contributed by atoms with Crippen molar-refractivity contribution in [2.75, 3.05) is 13.1 Å². The molecule has 1 amide bonds. The Bertz CT molecular complexity index is 1180. The molecule has 29 heavy (non-hydrogen) atoms. The third kappa shape index (κ3) is 3.71. The molecule has 8 nitrogen and oxygen atoms in total. The molecule has 1 saturated heterocycles. The van der Waals surface area contributed by atoms with Gasteiger partial charge in [0, 0.05) is 46.0 Å². The topological polar surface area (TPSA) is 89.2 Å². The number of rotatable bonds is 4. The van der Waals surface area contributed by atoms with E-state index in [4.69, 9.17) is 0 Å². The molecular weight excluding hydrogens is 370 g/mol. The number of hydrogen-bond donors (Lipinski definition) is 1. The number of nitrogens with zero attached hydrogens (tertiary/aromatic N) is 4. The summed E-state index contributed by atoms with van der Waals surface area (Å²) in [4.78, 5) is 43.6. The highest BCUT2D eigenvalue weighted by Gasteiger charge is 2.24. The van der Waals surface area contributed by atoms with Gasteiger partial charge in [-0.15, -0.1) is 0 Å². The Morgan fingerprint density at radius 3 is 2.69 bits per heavy atom. The van der Waals surface area contributed by atoms with E-state index in [0.717, 1.165) is 30.6 Å². The fourth-order valence-corrected chi connectivity index (χ4v) is 3.79. The molecule has 8 heteroatoms. The van der Waals surface area contributed by atoms with Gasteiger partial charge >= 0.3 is 5.69 Å². The van der Waals surface area contributed by atoms with Crippen LogP contribution in [0.5, 0.6) is 0 Å². The summed E-state index contributed by atoms with van der Waals surface area (Å²) in [7, 11) is 2.97. The molecule has 3 heterocycles. The Labute approximate surface area is 167 Å². The van der Waals surface area contributed by atoms with Crippen molar-refractivity contribution in [2.24, 2.45) is 14.1 Å². The largest absolute Gasteiger partial charge is 0.348 e. The lowest BCUT2D eigenvalue weighted by atomic mass is 10.2. The van der Waals surface area contributed by atoms with Crippen molar-refractivity contribution in [1.29, 1.82) is 0 Å². The first-order valence-corrected chi connectivity index (χ1v) is 9.57. The lowest BCUT2D eigenvalue weighted by molar-refractivity contribution is 0.0937. The molecule has 2 aromatic heterocycles. The molecule has 1 aromatic carbocycles. The third-order valence-electron chi connectivity index (χ3n) is 5.41. The summed E-state index contributed by atoms with van der Waals surface area (Å²) >= 11 is 0. The van der Waals surface area contributed by atoms with Crippen LogP contribution < -0.4 is 16.6 Å². The van der Waals surface area contributed by atoms with Gasteiger partial charge in [-0.1, -0.05) is 30.3 Å². The highest BCUT2D eigenvalue weighted by molar-refractivity contribution is 5.96. The van der Waals surface area contributed by atoms with Crippen molar-refractivity contribution in [2.45, 2.75) is 19.0 Å². The van der Waals surface area contributed by atoms with E-state index in [1.165, 1.54) is 29.4 Å². The first-order valence-electron chi connectivity index (χ1n) is 9.57. The number of hydrogen-bond acceptors (Lipinski definition) is 5. The van der Waals surface area contributed by atoms with Crippen molar-refractivity contribution in [1.82, 2.24) is 24.3 Å². The summed E-state index contributed by atoms with van der Waals surface area (Å²) in [5.41, 5.74) is 0.927. The van der Waals surface area contributed by atoms with Crippen molar-refractivity contribution in [3.8, 4) is 0 Å². The molecule has 0 saturated carbocycles. The van der Waals surface area contributed by atoms with Gasteiger partial charge in [-0.05, 0) is 18.1 Å². The normalized spacial score (nSPS) is 17.0. The number of likely N-dealkylation sites (tertiary alicyclic amines) is 1. The minimum atomic E-state index is -0.458. The highest BCUT2D eigenvalue weighted by Crippen LogP contribution is 2.14. The maximum absolute atomic E-state index is 12.7. The molecule has 0 bridgehead atoms. The average Bonchev–Trinajstić information content (AvgIpc) is 3.17. The van der Waals surface area contributed by atoms with Crippen LogP contribution in [0.2, 0.25) is 0 Å². The van der Waals surface area contributed by atoms with Crippen LogP contribution in [0, 0.1) is 0 Å². The van der Waals surface area contributed by atoms with Gasteiger partial charge in [0.25, 0.3) is 11.5 Å². The number of amides is 1. The fraction of sp³-hybridized carbons (Fsp3) is 0.333. The smallest absolute Gasteiger partial charge is 0.332 e. The van der Waals surface area contributed by atoms with Gasteiger partial charge in [-0.25, -0.2) is 9.78 Å². The van der Waals surface area contributed by atoms with Crippen LogP contribution in [0.3, 0.4) is 0 Å². The summed E-state index contributed by atoms with van der Waals surface area (Å²) in [5, 5.41) is 3.29. The van der Waals surface area contributed by atoms with Gasteiger partial charge < -0.3 is 5.32 Å². The summed E-state index contributed by atoms with van der Waals surface area (Å²) in [5.74, 6) is -0.262. The Hall–Kier alpha value is -3.26. The maximum atomic E-state index is 12.7. The molecule has 3 aromatic rings. The van der Waals surface area contributed by atoms with Crippen molar-refractivity contribution in [3.05, 3.63) is 74.6 Å². The molecule has 1 aliphatic rings. The lowest BCUT2D eigenvalue weighted by Crippen LogP contribution is -2.38. The number of nitrogens with one attached hydrogen (secondary N) is 1. The molecule has 1 atom stereocenters. The summed E-state index contributed by atoms with van der Waals surface area (Å²) in [6.45, 7) is 2.55. The molecular formula is C21H23N5O3. The second-order valence-corrected chi connectivity index (χ2v) is 7.48. The van der Waals surface area contributed by atoms with E-state index in [9.17, 15) is 14.4 Å². The predicted molar refractivity (Wildman–Crippen MR) is 110 cm³/mol. The van der Waals surface area contributed by atoms with E-state index >= 15 is 0 Å². The van der Waals surface area contributed by atoms with E-state index in [2.05, 4.69) is 27.3 Å². The van der Waals surface area contributed by atoms with Gasteiger partial charge in [0.2, 0.25) is 0 Å².